The van der Waals surface area contributed by atoms with Gasteiger partial charge in [-0.15, -0.1) is 0 Å². The van der Waals surface area contributed by atoms with Crippen molar-refractivity contribution in [2.75, 3.05) is 4.90 Å². The molecule has 4 rings (SSSR count). The smallest absolute Gasteiger partial charge is 0.251 e. The molecule has 0 fully saturated rings. The van der Waals surface area contributed by atoms with Crippen molar-refractivity contribution in [3.8, 4) is 0 Å². The Morgan fingerprint density at radius 1 is 1.00 bits per heavy atom. The highest BCUT2D eigenvalue weighted by molar-refractivity contribution is 6.09. The number of carbonyl (C=O) groups excluding carboxylic acids is 2. The summed E-state index contributed by atoms with van der Waals surface area (Å²) < 4.78 is 55.4. The molecule has 0 aliphatic carbocycles. The average molecular weight is 481 g/mol. The van der Waals surface area contributed by atoms with Crippen molar-refractivity contribution in [3.05, 3.63) is 105 Å². The zero-order valence-electron chi connectivity index (χ0n) is 18.8. The van der Waals surface area contributed by atoms with E-state index in [9.17, 15) is 27.2 Å². The zero-order valence-corrected chi connectivity index (χ0v) is 18.8. The largest absolute Gasteiger partial charge is 0.348 e. The van der Waals surface area contributed by atoms with Crippen molar-refractivity contribution in [2.45, 2.75) is 32.4 Å². The molecule has 0 saturated carbocycles. The Balaban J connectivity index is 1.65. The zero-order chi connectivity index (χ0) is 25.5. The molecule has 1 N–H and O–H groups in total. The summed E-state index contributed by atoms with van der Waals surface area (Å²) in [5.74, 6) is -4.97. The summed E-state index contributed by atoms with van der Waals surface area (Å²) in [6, 6.07) is 9.61. The van der Waals surface area contributed by atoms with Crippen LogP contribution in [-0.4, -0.2) is 11.8 Å². The summed E-state index contributed by atoms with van der Waals surface area (Å²) in [6.07, 6.45) is 0. The van der Waals surface area contributed by atoms with E-state index < -0.39 is 46.7 Å². The van der Waals surface area contributed by atoms with Crippen LogP contribution in [0, 0.1) is 29.8 Å². The second kappa shape index (κ2) is 8.87. The average Bonchev–Trinajstić information content (AvgIpc) is 2.99. The number of fused-ring (bicyclic) bond motifs is 1. The number of nitrogens with one attached hydrogen (secondary N) is 1. The van der Waals surface area contributed by atoms with Gasteiger partial charge in [0.05, 0.1) is 12.0 Å². The summed E-state index contributed by atoms with van der Waals surface area (Å²) >= 11 is 0. The summed E-state index contributed by atoms with van der Waals surface area (Å²) in [6.45, 7) is 9.97. The van der Waals surface area contributed by atoms with Gasteiger partial charge in [-0.25, -0.2) is 22.4 Å². The van der Waals surface area contributed by atoms with E-state index in [1.165, 1.54) is 35.2 Å². The second-order valence-electron chi connectivity index (χ2n) is 8.63. The van der Waals surface area contributed by atoms with E-state index in [-0.39, 0.29) is 29.3 Å². The Labute approximate surface area is 198 Å². The molecule has 35 heavy (non-hydrogen) atoms. The van der Waals surface area contributed by atoms with Crippen molar-refractivity contribution in [1.29, 1.82) is 0 Å². The number of halogens is 4. The first-order valence-corrected chi connectivity index (χ1v) is 10.6. The third-order valence-corrected chi connectivity index (χ3v) is 6.07. The Bertz CT molecular complexity index is 1390. The molecule has 3 aromatic carbocycles. The molecule has 2 amide bonds. The van der Waals surface area contributed by atoms with E-state index in [1.54, 1.807) is 19.9 Å². The van der Waals surface area contributed by atoms with Crippen LogP contribution in [0.15, 0.2) is 48.5 Å². The van der Waals surface area contributed by atoms with E-state index in [1.807, 2.05) is 0 Å². The molecule has 1 aliphatic heterocycles. The molecule has 0 unspecified atom stereocenters. The minimum absolute atomic E-state index is 0.0524. The SMILES string of the molecule is [C-]#[N+]c1cccc(F)c1CN1C(=O)C(C)(C)c2ccc(C(=O)NCc3c(F)cc(F)cc3F)cc21. The lowest BCUT2D eigenvalue weighted by Crippen LogP contribution is -2.36. The maximum atomic E-state index is 14.5. The number of rotatable bonds is 5. The third kappa shape index (κ3) is 4.23. The highest BCUT2D eigenvalue weighted by atomic mass is 19.1. The number of hydrogen-bond donors (Lipinski definition) is 1. The van der Waals surface area contributed by atoms with Gasteiger partial charge in [-0.05, 0) is 37.6 Å². The van der Waals surface area contributed by atoms with E-state index in [2.05, 4.69) is 10.2 Å². The van der Waals surface area contributed by atoms with Crippen LogP contribution >= 0.6 is 0 Å². The van der Waals surface area contributed by atoms with E-state index >= 15 is 0 Å². The predicted octanol–water partition coefficient (Wildman–Crippen LogP) is 5.55. The summed E-state index contributed by atoms with van der Waals surface area (Å²) in [7, 11) is 0. The number of hydrogen-bond acceptors (Lipinski definition) is 2. The number of carbonyl (C=O) groups is 2. The predicted molar refractivity (Wildman–Crippen MR) is 121 cm³/mol. The molecule has 178 valence electrons. The molecule has 0 aromatic heterocycles. The van der Waals surface area contributed by atoms with Crippen molar-refractivity contribution in [3.63, 3.8) is 0 Å². The molecule has 3 aromatic rings. The fourth-order valence-electron chi connectivity index (χ4n) is 4.12. The van der Waals surface area contributed by atoms with Gasteiger partial charge in [0.2, 0.25) is 5.91 Å². The molecule has 1 aliphatic rings. The van der Waals surface area contributed by atoms with Crippen molar-refractivity contribution in [2.24, 2.45) is 0 Å². The van der Waals surface area contributed by atoms with Crippen molar-refractivity contribution < 1.29 is 27.2 Å². The molecule has 5 nitrogen and oxygen atoms in total. The fraction of sp³-hybridized carbons (Fsp3) is 0.192. The van der Waals surface area contributed by atoms with Crippen LogP contribution in [-0.2, 0) is 23.3 Å². The monoisotopic (exact) mass is 481 g/mol. The van der Waals surface area contributed by atoms with Gasteiger partial charge in [-0.3, -0.25) is 9.59 Å². The molecular formula is C26H19F4N3O2. The second-order valence-corrected chi connectivity index (χ2v) is 8.63. The van der Waals surface area contributed by atoms with E-state index in [4.69, 9.17) is 6.57 Å². The van der Waals surface area contributed by atoms with Crippen molar-refractivity contribution >= 4 is 23.2 Å². The fourth-order valence-corrected chi connectivity index (χ4v) is 4.12. The molecule has 0 bridgehead atoms. The van der Waals surface area contributed by atoms with Crippen LogP contribution in [0.25, 0.3) is 4.85 Å². The molecule has 0 saturated heterocycles. The lowest BCUT2D eigenvalue weighted by molar-refractivity contribution is -0.122. The lowest BCUT2D eigenvalue weighted by atomic mass is 9.86. The molecule has 1 heterocycles. The Morgan fingerprint density at radius 3 is 2.34 bits per heavy atom. The molecule has 9 heteroatoms. The van der Waals surface area contributed by atoms with Gasteiger partial charge in [0, 0.05) is 47.6 Å². The maximum Gasteiger partial charge on any atom is 0.251 e. The first-order chi connectivity index (χ1) is 16.5. The lowest BCUT2D eigenvalue weighted by Gasteiger charge is -2.21. The van der Waals surface area contributed by atoms with Crippen LogP contribution in [0.5, 0.6) is 0 Å². The standard InChI is InChI=1S/C26H19F4N3O2/c1-26(2)18-8-7-14(24(34)32-12-16-20(29)10-15(27)11-21(16)30)9-23(18)33(25(26)35)13-17-19(28)5-4-6-22(17)31-3/h4-11H,12-13H2,1-2H3,(H,32,34). The first kappa shape index (κ1) is 24.0. The quantitative estimate of drug-likeness (QED) is 0.384. The Hall–Kier alpha value is -4.19. The Kier molecular flexibility index (Phi) is 6.07. The van der Waals surface area contributed by atoms with Crippen LogP contribution in [0.2, 0.25) is 0 Å². The minimum Gasteiger partial charge on any atom is -0.348 e. The normalized spacial score (nSPS) is 14.0. The first-order valence-electron chi connectivity index (χ1n) is 10.6. The van der Waals surface area contributed by atoms with Crippen molar-refractivity contribution in [1.82, 2.24) is 5.32 Å². The van der Waals surface area contributed by atoms with Gasteiger partial charge in [0.15, 0.2) is 5.69 Å². The summed E-state index contributed by atoms with van der Waals surface area (Å²) in [5.41, 5.74) is -0.265. The van der Waals surface area contributed by atoms with Gasteiger partial charge < -0.3 is 10.2 Å². The maximum absolute atomic E-state index is 14.5. The number of benzene rings is 3. The number of amides is 2. The van der Waals surface area contributed by atoms with Gasteiger partial charge in [-0.2, -0.15) is 0 Å². The van der Waals surface area contributed by atoms with E-state index in [0.29, 0.717) is 23.4 Å². The molecule has 0 atom stereocenters. The topological polar surface area (TPSA) is 53.8 Å². The van der Waals surface area contributed by atoms with Crippen LogP contribution in [0.3, 0.4) is 0 Å². The van der Waals surface area contributed by atoms with Crippen LogP contribution in [0.4, 0.5) is 28.9 Å². The third-order valence-electron chi connectivity index (χ3n) is 6.07. The van der Waals surface area contributed by atoms with Crippen LogP contribution < -0.4 is 10.2 Å². The molecule has 0 spiro atoms. The Morgan fingerprint density at radius 2 is 1.69 bits per heavy atom. The number of nitrogens with zero attached hydrogens (tertiary/aromatic N) is 2. The van der Waals surface area contributed by atoms with Gasteiger partial charge >= 0.3 is 0 Å². The van der Waals surface area contributed by atoms with Gasteiger partial charge in [-0.1, -0.05) is 18.2 Å². The minimum atomic E-state index is -1.13. The molecular weight excluding hydrogens is 462 g/mol. The van der Waals surface area contributed by atoms with Gasteiger partial charge in [0.25, 0.3) is 5.91 Å². The van der Waals surface area contributed by atoms with Gasteiger partial charge in [0.1, 0.15) is 23.3 Å². The molecule has 0 radical (unpaired) electrons. The van der Waals surface area contributed by atoms with E-state index in [0.717, 1.165) is 0 Å². The summed E-state index contributed by atoms with van der Waals surface area (Å²) in [5, 5.41) is 2.39. The van der Waals surface area contributed by atoms with Crippen LogP contribution in [0.1, 0.15) is 40.9 Å². The summed E-state index contributed by atoms with van der Waals surface area (Å²) in [4.78, 5) is 30.6. The number of anilines is 1. The highest BCUT2D eigenvalue weighted by Gasteiger charge is 2.44. The highest BCUT2D eigenvalue weighted by Crippen LogP contribution is 2.43.